The highest BCUT2D eigenvalue weighted by molar-refractivity contribution is 5.97. The maximum atomic E-state index is 12.4. The van der Waals surface area contributed by atoms with Gasteiger partial charge in [0, 0.05) is 32.8 Å². The smallest absolute Gasteiger partial charge is 0.415 e. The van der Waals surface area contributed by atoms with Crippen LogP contribution in [-0.4, -0.2) is 65.7 Å². The van der Waals surface area contributed by atoms with Gasteiger partial charge < -0.3 is 10.1 Å². The third kappa shape index (κ3) is 3.25. The molecule has 0 saturated carbocycles. The molecule has 2 amide bonds. The van der Waals surface area contributed by atoms with Crippen LogP contribution in [-0.2, 0) is 16.0 Å². The van der Waals surface area contributed by atoms with E-state index in [0.717, 1.165) is 33.9 Å². The Morgan fingerprint density at radius 3 is 2.74 bits per heavy atom. The number of rotatable bonds is 4. The Labute approximate surface area is 179 Å². The van der Waals surface area contributed by atoms with Gasteiger partial charge in [-0.1, -0.05) is 12.1 Å². The fourth-order valence-corrected chi connectivity index (χ4v) is 4.20. The zero-order chi connectivity index (χ0) is 21.7. The van der Waals surface area contributed by atoms with E-state index in [1.54, 1.807) is 10.0 Å². The van der Waals surface area contributed by atoms with Crippen LogP contribution >= 0.6 is 0 Å². The molecule has 5 rings (SSSR count). The van der Waals surface area contributed by atoms with Gasteiger partial charge in [0.1, 0.15) is 11.8 Å². The highest BCUT2D eigenvalue weighted by atomic mass is 16.6. The average molecular weight is 421 g/mol. The number of anilines is 1. The van der Waals surface area contributed by atoms with E-state index in [-0.39, 0.29) is 24.1 Å². The van der Waals surface area contributed by atoms with Crippen molar-refractivity contribution in [3.63, 3.8) is 0 Å². The summed E-state index contributed by atoms with van der Waals surface area (Å²) >= 11 is 0. The maximum Gasteiger partial charge on any atom is 0.415 e. The van der Waals surface area contributed by atoms with E-state index < -0.39 is 0 Å². The van der Waals surface area contributed by atoms with Crippen LogP contribution in [0.2, 0.25) is 0 Å². The van der Waals surface area contributed by atoms with E-state index in [9.17, 15) is 9.59 Å². The minimum atomic E-state index is -0.363. The van der Waals surface area contributed by atoms with Gasteiger partial charge in [0.15, 0.2) is 5.84 Å². The molecule has 1 fully saturated rings. The monoisotopic (exact) mass is 421 g/mol. The molecule has 2 N–H and O–H groups in total. The van der Waals surface area contributed by atoms with Crippen LogP contribution in [0.15, 0.2) is 41.6 Å². The first-order chi connectivity index (χ1) is 14.9. The number of hydrazine groups is 2. The van der Waals surface area contributed by atoms with Crippen molar-refractivity contribution in [2.75, 3.05) is 25.5 Å². The first kappa shape index (κ1) is 19.3. The number of hydrogen-bond acceptors (Lipinski definition) is 8. The van der Waals surface area contributed by atoms with Gasteiger partial charge in [-0.2, -0.15) is 0 Å². The molecule has 4 heterocycles. The topological polar surface area (TPSA) is 102 Å². The highest BCUT2D eigenvalue weighted by Crippen LogP contribution is 2.40. The van der Waals surface area contributed by atoms with Crippen molar-refractivity contribution in [2.45, 2.75) is 25.5 Å². The average Bonchev–Trinajstić information content (AvgIpc) is 3.40. The van der Waals surface area contributed by atoms with Gasteiger partial charge in [-0.25, -0.2) is 10.3 Å². The van der Waals surface area contributed by atoms with Gasteiger partial charge in [0.25, 0.3) is 0 Å². The molecule has 31 heavy (non-hydrogen) atoms. The lowest BCUT2D eigenvalue weighted by molar-refractivity contribution is -0.119. The molecule has 3 aliphatic rings. The quantitative estimate of drug-likeness (QED) is 0.762. The number of nitrogens with zero attached hydrogens (tertiary/aromatic N) is 5. The maximum absolute atomic E-state index is 12.4. The summed E-state index contributed by atoms with van der Waals surface area (Å²) in [6, 6.07) is 9.89. The van der Waals surface area contributed by atoms with Crippen LogP contribution < -0.4 is 15.8 Å². The molecule has 10 heteroatoms. The van der Waals surface area contributed by atoms with Gasteiger partial charge in [0.05, 0.1) is 18.3 Å². The molecule has 3 aliphatic heterocycles. The molecular formula is C21H23N7O3. The first-order valence-electron chi connectivity index (χ1n) is 10.1. The van der Waals surface area contributed by atoms with Gasteiger partial charge in [-0.15, -0.1) is 10.2 Å². The number of carbonyl (C=O) groups is 2. The zero-order valence-electron chi connectivity index (χ0n) is 17.5. The minimum Gasteiger partial charge on any atom is -0.442 e. The molecule has 1 aromatic heterocycles. The van der Waals surface area contributed by atoms with Gasteiger partial charge in [-0.3, -0.25) is 19.7 Å². The SMILES string of the molecule is CC(=O)NC[C@@H]1OC(=O)N2c3ccc(-c4ccc(C5=NNN(C)N5C)nc4)cc3C[C@@H]12. The number of hydrogen-bond donors (Lipinski definition) is 2. The van der Waals surface area contributed by atoms with Crippen molar-refractivity contribution in [2.24, 2.45) is 5.10 Å². The lowest BCUT2D eigenvalue weighted by Gasteiger charge is -2.20. The van der Waals surface area contributed by atoms with Crippen molar-refractivity contribution in [1.82, 2.24) is 26.0 Å². The number of fused-ring (bicyclic) bond motifs is 3. The van der Waals surface area contributed by atoms with E-state index in [1.807, 2.05) is 49.6 Å². The van der Waals surface area contributed by atoms with Crippen LogP contribution in [0, 0.1) is 0 Å². The summed E-state index contributed by atoms with van der Waals surface area (Å²) in [6.07, 6.45) is 1.79. The Hall–Kier alpha value is -3.66. The Bertz CT molecular complexity index is 1080. The Morgan fingerprint density at radius 2 is 2.06 bits per heavy atom. The summed E-state index contributed by atoms with van der Waals surface area (Å²) < 4.78 is 5.47. The van der Waals surface area contributed by atoms with E-state index in [1.165, 1.54) is 6.92 Å². The molecule has 160 valence electrons. The van der Waals surface area contributed by atoms with Gasteiger partial charge >= 0.3 is 6.09 Å². The third-order valence-corrected chi connectivity index (χ3v) is 5.91. The lowest BCUT2D eigenvalue weighted by atomic mass is 10.0. The number of pyridine rings is 1. The fourth-order valence-electron chi connectivity index (χ4n) is 4.20. The summed E-state index contributed by atoms with van der Waals surface area (Å²) in [7, 11) is 3.78. The molecule has 10 nitrogen and oxygen atoms in total. The van der Waals surface area contributed by atoms with Crippen LogP contribution in [0.25, 0.3) is 11.1 Å². The number of cyclic esters (lactones) is 1. The van der Waals surface area contributed by atoms with Crippen molar-refractivity contribution >= 4 is 23.5 Å². The summed E-state index contributed by atoms with van der Waals surface area (Å²) in [5.74, 6) is 0.604. The molecule has 0 bridgehead atoms. The number of hydrazone groups is 1. The number of carbonyl (C=O) groups excluding carboxylic acids is 2. The minimum absolute atomic E-state index is 0.106. The summed E-state index contributed by atoms with van der Waals surface area (Å²) in [5, 5.41) is 10.7. The van der Waals surface area contributed by atoms with E-state index >= 15 is 0 Å². The molecule has 1 aromatic carbocycles. The Kier molecular flexibility index (Phi) is 4.51. The first-order valence-corrected chi connectivity index (χ1v) is 10.1. The fraction of sp³-hybridized carbons (Fsp3) is 0.333. The second-order valence-electron chi connectivity index (χ2n) is 7.86. The standard InChI is InChI=1S/C21H23N7O3/c1-12(29)22-11-19-18-9-15-8-13(5-7-17(15)28(18)21(30)31-19)14-4-6-16(23-10-14)20-24-25-27(3)26(20)2/h4-8,10,18-19,25H,9,11H2,1-3H3,(H,22,29)/t18-,19-/m0/s1. The molecule has 1 saturated heterocycles. The molecule has 0 unspecified atom stereocenters. The Morgan fingerprint density at radius 1 is 1.26 bits per heavy atom. The summed E-state index contributed by atoms with van der Waals surface area (Å²) in [5.41, 5.74) is 7.61. The number of benzene rings is 1. The number of nitrogens with one attached hydrogen (secondary N) is 2. The van der Waals surface area contributed by atoms with Crippen molar-refractivity contribution in [3.8, 4) is 11.1 Å². The molecule has 2 atom stereocenters. The lowest BCUT2D eigenvalue weighted by Crippen LogP contribution is -2.40. The number of aromatic nitrogens is 1. The van der Waals surface area contributed by atoms with Gasteiger partial charge in [0.2, 0.25) is 5.91 Å². The molecule has 0 aliphatic carbocycles. The van der Waals surface area contributed by atoms with Crippen molar-refractivity contribution in [3.05, 3.63) is 47.8 Å². The van der Waals surface area contributed by atoms with E-state index in [2.05, 4.69) is 27.0 Å². The predicted molar refractivity (Wildman–Crippen MR) is 114 cm³/mol. The number of amidine groups is 1. The van der Waals surface area contributed by atoms with Crippen LogP contribution in [0.1, 0.15) is 18.2 Å². The molecule has 0 spiro atoms. The van der Waals surface area contributed by atoms with Crippen molar-refractivity contribution in [1.29, 1.82) is 0 Å². The van der Waals surface area contributed by atoms with E-state index in [4.69, 9.17) is 4.74 Å². The van der Waals surface area contributed by atoms with Crippen LogP contribution in [0.3, 0.4) is 0 Å². The zero-order valence-corrected chi connectivity index (χ0v) is 17.5. The molecular weight excluding hydrogens is 398 g/mol. The highest BCUT2D eigenvalue weighted by Gasteiger charge is 2.47. The predicted octanol–water partition coefficient (Wildman–Crippen LogP) is 1.09. The van der Waals surface area contributed by atoms with Crippen LogP contribution in [0.4, 0.5) is 10.5 Å². The third-order valence-electron chi connectivity index (χ3n) is 5.91. The summed E-state index contributed by atoms with van der Waals surface area (Å²) in [4.78, 5) is 29.9. The van der Waals surface area contributed by atoms with Gasteiger partial charge in [-0.05, 0) is 35.7 Å². The summed E-state index contributed by atoms with van der Waals surface area (Å²) in [6.45, 7) is 1.77. The largest absolute Gasteiger partial charge is 0.442 e. The second-order valence-corrected chi connectivity index (χ2v) is 7.86. The second kappa shape index (κ2) is 7.24. The van der Waals surface area contributed by atoms with Crippen LogP contribution in [0.5, 0.6) is 0 Å². The number of amides is 2. The molecule has 2 aromatic rings. The molecule has 0 radical (unpaired) electrons. The normalized spacial score (nSPS) is 22.0. The van der Waals surface area contributed by atoms with E-state index in [0.29, 0.717) is 13.0 Å². The van der Waals surface area contributed by atoms with Crippen molar-refractivity contribution < 1.29 is 14.3 Å². The Balaban J connectivity index is 1.37. The number of ether oxygens (including phenoxy) is 1.